The largest absolute Gasteiger partial charge is 0.508 e. The van der Waals surface area contributed by atoms with Crippen LogP contribution in [0, 0.1) is 12.3 Å². The lowest BCUT2D eigenvalue weighted by Gasteiger charge is -2.20. The summed E-state index contributed by atoms with van der Waals surface area (Å²) in [5, 5.41) is 28.1. The molecule has 0 saturated heterocycles. The van der Waals surface area contributed by atoms with Gasteiger partial charge in [0.05, 0.1) is 5.41 Å². The molecular formula is C12H16O4. The van der Waals surface area contributed by atoms with Crippen molar-refractivity contribution in [1.82, 2.24) is 0 Å². The van der Waals surface area contributed by atoms with Crippen LogP contribution in [0.4, 0.5) is 0 Å². The highest BCUT2D eigenvalue weighted by molar-refractivity contribution is 5.74. The minimum Gasteiger partial charge on any atom is -0.508 e. The fourth-order valence-electron chi connectivity index (χ4n) is 1.42. The predicted octanol–water partition coefficient (Wildman–Crippen LogP) is 2.06. The van der Waals surface area contributed by atoms with Crippen molar-refractivity contribution in [2.75, 3.05) is 0 Å². The second-order valence-electron chi connectivity index (χ2n) is 4.63. The van der Waals surface area contributed by atoms with Gasteiger partial charge in [0.2, 0.25) is 0 Å². The SMILES string of the molecule is Cc1cc(O)c(CC(C)(C)C(=O)O)cc1O. The standard InChI is InChI=1S/C12H16O4/c1-7-4-10(14)8(5-9(7)13)6-12(2,3)11(15)16/h4-5,13-14H,6H2,1-3H3,(H,15,16). The van der Waals surface area contributed by atoms with Crippen LogP contribution < -0.4 is 0 Å². The zero-order valence-corrected chi connectivity index (χ0v) is 9.61. The molecule has 4 heteroatoms. The second-order valence-corrected chi connectivity index (χ2v) is 4.63. The molecule has 0 aromatic heterocycles. The van der Waals surface area contributed by atoms with E-state index in [2.05, 4.69) is 0 Å². The van der Waals surface area contributed by atoms with Gasteiger partial charge < -0.3 is 15.3 Å². The molecule has 3 N–H and O–H groups in total. The Hall–Kier alpha value is -1.71. The predicted molar refractivity (Wildman–Crippen MR) is 59.6 cm³/mol. The summed E-state index contributed by atoms with van der Waals surface area (Å²) >= 11 is 0. The van der Waals surface area contributed by atoms with Crippen LogP contribution in [0.1, 0.15) is 25.0 Å². The summed E-state index contributed by atoms with van der Waals surface area (Å²) in [4.78, 5) is 10.9. The third kappa shape index (κ3) is 2.45. The van der Waals surface area contributed by atoms with Crippen molar-refractivity contribution in [2.24, 2.45) is 5.41 Å². The van der Waals surface area contributed by atoms with E-state index in [-0.39, 0.29) is 17.9 Å². The average molecular weight is 224 g/mol. The van der Waals surface area contributed by atoms with Gasteiger partial charge in [-0.2, -0.15) is 0 Å². The molecule has 1 rings (SSSR count). The molecule has 0 aliphatic rings. The van der Waals surface area contributed by atoms with Crippen LogP contribution in [0.15, 0.2) is 12.1 Å². The molecule has 16 heavy (non-hydrogen) atoms. The van der Waals surface area contributed by atoms with Gasteiger partial charge in [0.1, 0.15) is 11.5 Å². The van der Waals surface area contributed by atoms with Gasteiger partial charge in [0.15, 0.2) is 0 Å². The molecule has 0 atom stereocenters. The number of aryl methyl sites for hydroxylation is 1. The van der Waals surface area contributed by atoms with Crippen molar-refractivity contribution in [3.05, 3.63) is 23.3 Å². The van der Waals surface area contributed by atoms with Gasteiger partial charge in [-0.1, -0.05) is 0 Å². The molecule has 0 radical (unpaired) electrons. The molecule has 0 saturated carbocycles. The average Bonchev–Trinajstić information content (AvgIpc) is 2.13. The second kappa shape index (κ2) is 4.04. The molecule has 0 bridgehead atoms. The molecule has 0 aliphatic heterocycles. The topological polar surface area (TPSA) is 77.8 Å². The van der Waals surface area contributed by atoms with E-state index in [0.717, 1.165) is 0 Å². The summed E-state index contributed by atoms with van der Waals surface area (Å²) in [6.45, 7) is 4.82. The number of aromatic hydroxyl groups is 2. The Morgan fingerprint density at radius 1 is 1.25 bits per heavy atom. The maximum atomic E-state index is 10.9. The number of carboxylic acids is 1. The van der Waals surface area contributed by atoms with Gasteiger partial charge in [-0.3, -0.25) is 4.79 Å². The van der Waals surface area contributed by atoms with Crippen molar-refractivity contribution >= 4 is 5.97 Å². The van der Waals surface area contributed by atoms with Crippen molar-refractivity contribution in [3.8, 4) is 11.5 Å². The van der Waals surface area contributed by atoms with Crippen LogP contribution in [-0.2, 0) is 11.2 Å². The molecule has 0 heterocycles. The minimum atomic E-state index is -0.973. The monoisotopic (exact) mass is 224 g/mol. The van der Waals surface area contributed by atoms with Gasteiger partial charge in [0, 0.05) is 0 Å². The van der Waals surface area contributed by atoms with Gasteiger partial charge in [0.25, 0.3) is 0 Å². The lowest BCUT2D eigenvalue weighted by molar-refractivity contribution is -0.146. The molecule has 0 spiro atoms. The van der Waals surface area contributed by atoms with E-state index < -0.39 is 11.4 Å². The number of hydrogen-bond donors (Lipinski definition) is 3. The Morgan fingerprint density at radius 3 is 2.31 bits per heavy atom. The first-order valence-electron chi connectivity index (χ1n) is 4.99. The summed E-state index contributed by atoms with van der Waals surface area (Å²) in [6, 6.07) is 2.85. The Kier molecular flexibility index (Phi) is 3.12. The molecule has 88 valence electrons. The fourth-order valence-corrected chi connectivity index (χ4v) is 1.42. The highest BCUT2D eigenvalue weighted by Gasteiger charge is 2.28. The summed E-state index contributed by atoms with van der Waals surface area (Å²) in [6.07, 6.45) is 0.169. The van der Waals surface area contributed by atoms with Crippen LogP contribution in [0.2, 0.25) is 0 Å². The normalized spacial score (nSPS) is 11.4. The molecule has 1 aromatic rings. The Labute approximate surface area is 94.2 Å². The zero-order valence-electron chi connectivity index (χ0n) is 9.61. The maximum Gasteiger partial charge on any atom is 0.309 e. The number of hydrogen-bond acceptors (Lipinski definition) is 3. The summed E-state index contributed by atoms with van der Waals surface area (Å²) in [5.74, 6) is -0.856. The number of benzene rings is 1. The van der Waals surface area contributed by atoms with E-state index in [0.29, 0.717) is 11.1 Å². The van der Waals surface area contributed by atoms with Gasteiger partial charge in [-0.25, -0.2) is 0 Å². The Bertz CT molecular complexity index is 421. The Balaban J connectivity index is 3.07. The zero-order chi connectivity index (χ0) is 12.5. The number of aliphatic carboxylic acids is 1. The van der Waals surface area contributed by atoms with Gasteiger partial charge in [-0.05, 0) is 50.5 Å². The van der Waals surface area contributed by atoms with Crippen molar-refractivity contribution < 1.29 is 20.1 Å². The van der Waals surface area contributed by atoms with Gasteiger partial charge in [-0.15, -0.1) is 0 Å². The van der Waals surface area contributed by atoms with Crippen LogP contribution >= 0.6 is 0 Å². The van der Waals surface area contributed by atoms with E-state index in [9.17, 15) is 15.0 Å². The first-order valence-corrected chi connectivity index (χ1v) is 4.99. The molecule has 0 aliphatic carbocycles. The number of carboxylic acid groups (broad SMARTS) is 1. The Morgan fingerprint density at radius 2 is 1.81 bits per heavy atom. The van der Waals surface area contributed by atoms with E-state index in [1.807, 2.05) is 0 Å². The van der Waals surface area contributed by atoms with Crippen molar-refractivity contribution in [3.63, 3.8) is 0 Å². The smallest absolute Gasteiger partial charge is 0.309 e. The molecular weight excluding hydrogens is 208 g/mol. The fraction of sp³-hybridized carbons (Fsp3) is 0.417. The first kappa shape index (κ1) is 12.4. The number of phenols is 2. The highest BCUT2D eigenvalue weighted by Crippen LogP contribution is 2.32. The summed E-state index contributed by atoms with van der Waals surface area (Å²) in [7, 11) is 0. The van der Waals surface area contributed by atoms with Crippen LogP contribution in [0.25, 0.3) is 0 Å². The summed E-state index contributed by atoms with van der Waals surface area (Å²) < 4.78 is 0. The van der Waals surface area contributed by atoms with Crippen LogP contribution in [0.5, 0.6) is 11.5 Å². The minimum absolute atomic E-state index is 0.0182. The third-order valence-corrected chi connectivity index (χ3v) is 2.61. The molecule has 1 aromatic carbocycles. The lowest BCUT2D eigenvalue weighted by Crippen LogP contribution is -2.26. The number of carbonyl (C=O) groups is 1. The van der Waals surface area contributed by atoms with Crippen LogP contribution in [0.3, 0.4) is 0 Å². The van der Waals surface area contributed by atoms with Gasteiger partial charge >= 0.3 is 5.97 Å². The molecule has 0 amide bonds. The van der Waals surface area contributed by atoms with Crippen LogP contribution in [-0.4, -0.2) is 21.3 Å². The lowest BCUT2D eigenvalue weighted by atomic mass is 9.85. The summed E-state index contributed by atoms with van der Waals surface area (Å²) in [5.41, 5.74) is 0.0315. The maximum absolute atomic E-state index is 10.9. The number of rotatable bonds is 3. The molecule has 0 fully saturated rings. The van der Waals surface area contributed by atoms with E-state index in [4.69, 9.17) is 5.11 Å². The quantitative estimate of drug-likeness (QED) is 0.687. The van der Waals surface area contributed by atoms with Crippen molar-refractivity contribution in [1.29, 1.82) is 0 Å². The van der Waals surface area contributed by atoms with Crippen molar-refractivity contribution in [2.45, 2.75) is 27.2 Å². The van der Waals surface area contributed by atoms with E-state index in [1.165, 1.54) is 12.1 Å². The molecule has 0 unspecified atom stereocenters. The third-order valence-electron chi connectivity index (χ3n) is 2.61. The number of phenolic OH excluding ortho intramolecular Hbond substituents is 2. The van der Waals surface area contributed by atoms with E-state index >= 15 is 0 Å². The van der Waals surface area contributed by atoms with E-state index in [1.54, 1.807) is 20.8 Å². The first-order chi connectivity index (χ1) is 7.24. The molecule has 4 nitrogen and oxygen atoms in total. The highest BCUT2D eigenvalue weighted by atomic mass is 16.4.